The summed E-state index contributed by atoms with van der Waals surface area (Å²) >= 11 is 0. The van der Waals surface area contributed by atoms with Crippen molar-refractivity contribution in [2.45, 2.75) is 68.8 Å². The topological polar surface area (TPSA) is 75.3 Å². The Labute approximate surface area is 170 Å². The van der Waals surface area contributed by atoms with Crippen LogP contribution in [0, 0.1) is 35.3 Å². The van der Waals surface area contributed by atoms with Gasteiger partial charge in [-0.25, -0.2) is 21.9 Å². The van der Waals surface area contributed by atoms with Crippen LogP contribution >= 0.6 is 0 Å². The minimum atomic E-state index is -4.45. The Bertz CT molecular complexity index is 868. The molecule has 4 aliphatic rings. The van der Waals surface area contributed by atoms with Gasteiger partial charge >= 0.3 is 0 Å². The zero-order valence-corrected chi connectivity index (χ0v) is 17.6. The predicted molar refractivity (Wildman–Crippen MR) is 104 cm³/mol. The van der Waals surface area contributed by atoms with Gasteiger partial charge in [-0.05, 0) is 81.8 Å². The second-order valence-electron chi connectivity index (χ2n) is 9.74. The molecule has 0 spiro atoms. The van der Waals surface area contributed by atoms with Crippen LogP contribution in [0.3, 0.4) is 0 Å². The molecule has 1 aromatic rings. The van der Waals surface area contributed by atoms with Crippen molar-refractivity contribution in [3.8, 4) is 0 Å². The summed E-state index contributed by atoms with van der Waals surface area (Å²) < 4.78 is 55.2. The number of benzene rings is 1. The van der Waals surface area contributed by atoms with E-state index >= 15 is 0 Å². The lowest BCUT2D eigenvalue weighted by Gasteiger charge is -2.54. The third kappa shape index (κ3) is 4.19. The molecule has 5 rings (SSSR count). The zero-order valence-electron chi connectivity index (χ0n) is 16.8. The fourth-order valence-electron chi connectivity index (χ4n) is 5.99. The van der Waals surface area contributed by atoms with Crippen LogP contribution in [-0.2, 0) is 14.8 Å². The monoisotopic (exact) mass is 426 g/mol. The van der Waals surface area contributed by atoms with Gasteiger partial charge in [-0.2, -0.15) is 0 Å². The molecular formula is C21H28F2N2O3S. The lowest BCUT2D eigenvalue weighted by atomic mass is 9.54. The third-order valence-corrected chi connectivity index (χ3v) is 8.50. The van der Waals surface area contributed by atoms with Gasteiger partial charge in [0, 0.05) is 18.0 Å². The molecule has 0 unspecified atom stereocenters. The van der Waals surface area contributed by atoms with Crippen LogP contribution < -0.4 is 10.0 Å². The van der Waals surface area contributed by atoms with Crippen molar-refractivity contribution >= 4 is 15.9 Å². The summed E-state index contributed by atoms with van der Waals surface area (Å²) in [5.74, 6) is 0.0704. The number of sulfonamides is 1. The molecule has 1 amide bonds. The fourth-order valence-corrected chi connectivity index (χ4v) is 7.54. The van der Waals surface area contributed by atoms with Crippen molar-refractivity contribution in [2.24, 2.45) is 23.7 Å². The van der Waals surface area contributed by atoms with Gasteiger partial charge in [-0.3, -0.25) is 4.79 Å². The Kier molecular flexibility index (Phi) is 5.22. The number of halogens is 2. The second kappa shape index (κ2) is 7.30. The van der Waals surface area contributed by atoms with E-state index in [4.69, 9.17) is 0 Å². The normalized spacial score (nSPS) is 31.1. The molecule has 5 nitrogen and oxygen atoms in total. The first kappa shape index (κ1) is 20.7. The second-order valence-corrected chi connectivity index (χ2v) is 11.4. The van der Waals surface area contributed by atoms with Crippen LogP contribution in [0.2, 0.25) is 0 Å². The quantitative estimate of drug-likeness (QED) is 0.733. The molecule has 0 atom stereocenters. The maximum atomic E-state index is 13.9. The fraction of sp³-hybridized carbons (Fsp3) is 0.667. The zero-order chi connectivity index (χ0) is 21.0. The Balaban J connectivity index is 1.41. The van der Waals surface area contributed by atoms with Crippen LogP contribution in [0.4, 0.5) is 8.78 Å². The van der Waals surface area contributed by atoms with Gasteiger partial charge in [0.2, 0.25) is 15.9 Å². The molecule has 4 fully saturated rings. The van der Waals surface area contributed by atoms with Gasteiger partial charge in [0.25, 0.3) is 0 Å². The predicted octanol–water partition coefficient (Wildman–Crippen LogP) is 3.35. The Morgan fingerprint density at radius 2 is 1.55 bits per heavy atom. The lowest BCUT2D eigenvalue weighted by molar-refractivity contribution is -0.126. The van der Waals surface area contributed by atoms with E-state index in [0.717, 1.165) is 30.0 Å². The van der Waals surface area contributed by atoms with Crippen LogP contribution in [0.1, 0.15) is 52.4 Å². The molecule has 8 heteroatoms. The summed E-state index contributed by atoms with van der Waals surface area (Å²) in [7, 11) is -4.45. The van der Waals surface area contributed by atoms with Crippen molar-refractivity contribution in [1.82, 2.24) is 10.0 Å². The van der Waals surface area contributed by atoms with E-state index in [1.54, 1.807) is 13.8 Å². The van der Waals surface area contributed by atoms with E-state index < -0.39 is 32.1 Å². The van der Waals surface area contributed by atoms with Crippen LogP contribution in [0.5, 0.6) is 0 Å². The summed E-state index contributed by atoms with van der Waals surface area (Å²) in [5, 5.41) is 3.14. The Hall–Kier alpha value is -1.54. The highest BCUT2D eigenvalue weighted by molar-refractivity contribution is 7.89. The number of nitrogens with one attached hydrogen (secondary N) is 2. The minimum absolute atomic E-state index is 0.106. The third-order valence-electron chi connectivity index (χ3n) is 6.76. The van der Waals surface area contributed by atoms with E-state index in [1.165, 1.54) is 32.1 Å². The smallest absolute Gasteiger partial charge is 0.246 e. The molecule has 29 heavy (non-hydrogen) atoms. The van der Waals surface area contributed by atoms with E-state index in [2.05, 4.69) is 10.0 Å². The van der Waals surface area contributed by atoms with Gasteiger partial charge in [0.1, 0.15) is 11.6 Å². The van der Waals surface area contributed by atoms with Crippen molar-refractivity contribution in [1.29, 1.82) is 0 Å². The van der Waals surface area contributed by atoms with Crippen molar-refractivity contribution in [3.05, 3.63) is 29.8 Å². The first-order valence-electron chi connectivity index (χ1n) is 10.3. The van der Waals surface area contributed by atoms with Crippen LogP contribution in [0.15, 0.2) is 23.1 Å². The molecule has 0 aliphatic heterocycles. The molecular weight excluding hydrogens is 398 g/mol. The highest BCUT2D eigenvalue weighted by atomic mass is 32.2. The standard InChI is InChI=1S/C21H28F2N2O3S/c1-21(2,25-29(27,28)20-16(22)4-3-5-17(20)23)11-18(26)24-19-14-7-12-6-13(9-14)10-15(19)8-12/h3-5,12-15,19,25H,6-11H2,1-2H3,(H,24,26). The molecule has 1 aromatic carbocycles. The SMILES string of the molecule is CC(C)(CC(=O)NC1C2CC3CC(C2)CC1C3)NS(=O)(=O)c1c(F)cccc1F. The molecule has 0 saturated heterocycles. The molecule has 0 radical (unpaired) electrons. The first-order chi connectivity index (χ1) is 13.5. The van der Waals surface area contributed by atoms with Crippen molar-refractivity contribution in [2.75, 3.05) is 0 Å². The average Bonchev–Trinajstić information content (AvgIpc) is 2.55. The molecule has 4 bridgehead atoms. The summed E-state index contributed by atoms with van der Waals surface area (Å²) in [6.07, 6.45) is 5.89. The van der Waals surface area contributed by atoms with E-state index in [1.807, 2.05) is 0 Å². The highest BCUT2D eigenvalue weighted by Gasteiger charge is 2.48. The van der Waals surface area contributed by atoms with E-state index in [9.17, 15) is 22.0 Å². The summed E-state index contributed by atoms with van der Waals surface area (Å²) in [6.45, 7) is 3.08. The lowest BCUT2D eigenvalue weighted by Crippen LogP contribution is -2.57. The van der Waals surface area contributed by atoms with Gasteiger partial charge in [-0.1, -0.05) is 6.07 Å². The molecule has 160 valence electrons. The number of rotatable bonds is 6. The number of carbonyl (C=O) groups excluding carboxylic acids is 1. The van der Waals surface area contributed by atoms with Crippen LogP contribution in [0.25, 0.3) is 0 Å². The highest BCUT2D eigenvalue weighted by Crippen LogP contribution is 2.53. The largest absolute Gasteiger partial charge is 0.353 e. The number of carbonyl (C=O) groups is 1. The maximum absolute atomic E-state index is 13.9. The van der Waals surface area contributed by atoms with Crippen LogP contribution in [-0.4, -0.2) is 25.9 Å². The Morgan fingerprint density at radius 3 is 2.07 bits per heavy atom. The molecule has 0 heterocycles. The molecule has 0 aromatic heterocycles. The molecule has 4 aliphatic carbocycles. The summed E-state index contributed by atoms with van der Waals surface area (Å²) in [4.78, 5) is 11.7. The molecule has 2 N–H and O–H groups in total. The van der Waals surface area contributed by atoms with Gasteiger partial charge in [-0.15, -0.1) is 0 Å². The average molecular weight is 427 g/mol. The summed E-state index contributed by atoms with van der Waals surface area (Å²) in [6, 6.07) is 3.05. The minimum Gasteiger partial charge on any atom is -0.353 e. The summed E-state index contributed by atoms with van der Waals surface area (Å²) in [5.41, 5.74) is -1.19. The number of amides is 1. The maximum Gasteiger partial charge on any atom is 0.246 e. The molecule has 4 saturated carbocycles. The Morgan fingerprint density at radius 1 is 1.03 bits per heavy atom. The first-order valence-corrected chi connectivity index (χ1v) is 11.8. The van der Waals surface area contributed by atoms with Crippen molar-refractivity contribution < 1.29 is 22.0 Å². The van der Waals surface area contributed by atoms with E-state index in [-0.39, 0.29) is 18.4 Å². The van der Waals surface area contributed by atoms with Gasteiger partial charge in [0.05, 0.1) is 0 Å². The van der Waals surface area contributed by atoms with E-state index in [0.29, 0.717) is 11.8 Å². The van der Waals surface area contributed by atoms with Crippen molar-refractivity contribution in [3.63, 3.8) is 0 Å². The van der Waals surface area contributed by atoms with Gasteiger partial charge < -0.3 is 5.32 Å². The number of hydrogen-bond acceptors (Lipinski definition) is 3. The number of hydrogen-bond donors (Lipinski definition) is 2. The van der Waals surface area contributed by atoms with Gasteiger partial charge in [0.15, 0.2) is 4.90 Å².